The molecule has 108 valence electrons. The normalized spacial score (nSPS) is 11.9. The Morgan fingerprint density at radius 3 is 2.37 bits per heavy atom. The zero-order chi connectivity index (χ0) is 14.5. The summed E-state index contributed by atoms with van der Waals surface area (Å²) in [7, 11) is -1.99. The van der Waals surface area contributed by atoms with Gasteiger partial charge in [0.05, 0.1) is 5.69 Å². The van der Waals surface area contributed by atoms with Crippen LogP contribution in [0.15, 0.2) is 24.3 Å². The molecule has 0 radical (unpaired) electrons. The number of hydrogen-bond donors (Lipinski definition) is 2. The quantitative estimate of drug-likeness (QED) is 0.784. The van der Waals surface area contributed by atoms with Crippen LogP contribution in [0.25, 0.3) is 0 Å². The number of nitrogens with zero attached hydrogens (tertiary/aromatic N) is 1. The van der Waals surface area contributed by atoms with Gasteiger partial charge in [0.2, 0.25) is 0 Å². The summed E-state index contributed by atoms with van der Waals surface area (Å²) in [6, 6.07) is 6.59. The van der Waals surface area contributed by atoms with E-state index >= 15 is 0 Å². The first-order valence-corrected chi connectivity index (χ1v) is 7.49. The number of nitrogens with one attached hydrogen (secondary N) is 1. The molecule has 0 aliphatic carbocycles. The van der Waals surface area contributed by atoms with E-state index in [0.717, 1.165) is 0 Å². The third kappa shape index (κ3) is 4.70. The minimum atomic E-state index is -3.52. The van der Waals surface area contributed by atoms with E-state index in [1.807, 2.05) is 13.8 Å². The molecule has 0 bridgehead atoms. The molecular weight excluding hydrogens is 266 g/mol. The Bertz CT molecular complexity index is 485. The van der Waals surface area contributed by atoms with Gasteiger partial charge in [0.15, 0.2) is 0 Å². The monoisotopic (exact) mass is 287 g/mol. The second kappa shape index (κ2) is 6.74. The Morgan fingerprint density at radius 2 is 1.89 bits per heavy atom. The summed E-state index contributed by atoms with van der Waals surface area (Å²) in [6.45, 7) is 4.49. The molecule has 0 saturated carbocycles. The maximum atomic E-state index is 12.0. The van der Waals surface area contributed by atoms with E-state index in [9.17, 15) is 8.42 Å². The summed E-state index contributed by atoms with van der Waals surface area (Å²) in [6.07, 6.45) is 0. The molecule has 1 rings (SSSR count). The molecular formula is C12H21N3O3S. The van der Waals surface area contributed by atoms with Crippen molar-refractivity contribution < 1.29 is 13.2 Å². The molecule has 0 amide bonds. The summed E-state index contributed by atoms with van der Waals surface area (Å²) < 4.78 is 33.0. The van der Waals surface area contributed by atoms with E-state index in [1.54, 1.807) is 24.3 Å². The van der Waals surface area contributed by atoms with E-state index in [1.165, 1.54) is 11.4 Å². The third-order valence-electron chi connectivity index (χ3n) is 2.59. The average Bonchev–Trinajstić information content (AvgIpc) is 2.36. The minimum Gasteiger partial charge on any atom is -0.492 e. The predicted molar refractivity (Wildman–Crippen MR) is 76.4 cm³/mol. The second-order valence-electron chi connectivity index (χ2n) is 4.38. The molecule has 6 nitrogen and oxygen atoms in total. The van der Waals surface area contributed by atoms with Gasteiger partial charge < -0.3 is 10.5 Å². The number of rotatable bonds is 7. The molecule has 0 unspecified atom stereocenters. The zero-order valence-corrected chi connectivity index (χ0v) is 12.3. The first-order chi connectivity index (χ1) is 8.86. The van der Waals surface area contributed by atoms with Gasteiger partial charge in [-0.3, -0.25) is 4.72 Å². The first-order valence-electron chi connectivity index (χ1n) is 6.05. The molecule has 0 aromatic heterocycles. The molecule has 0 spiro atoms. The number of hydrogen-bond acceptors (Lipinski definition) is 4. The summed E-state index contributed by atoms with van der Waals surface area (Å²) in [4.78, 5) is 0. The second-order valence-corrected chi connectivity index (χ2v) is 6.11. The van der Waals surface area contributed by atoms with E-state index in [-0.39, 0.29) is 6.04 Å². The molecule has 7 heteroatoms. The van der Waals surface area contributed by atoms with Crippen molar-refractivity contribution in [3.8, 4) is 5.75 Å². The topological polar surface area (TPSA) is 84.7 Å². The maximum Gasteiger partial charge on any atom is 0.301 e. The van der Waals surface area contributed by atoms with Crippen LogP contribution in [0.4, 0.5) is 5.69 Å². The highest BCUT2D eigenvalue weighted by Gasteiger charge is 2.20. The highest BCUT2D eigenvalue weighted by Crippen LogP contribution is 2.17. The zero-order valence-electron chi connectivity index (χ0n) is 11.5. The lowest BCUT2D eigenvalue weighted by molar-refractivity contribution is 0.328. The molecule has 0 aliphatic rings. The summed E-state index contributed by atoms with van der Waals surface area (Å²) in [5.74, 6) is 0.658. The molecule has 19 heavy (non-hydrogen) atoms. The van der Waals surface area contributed by atoms with Gasteiger partial charge in [-0.2, -0.15) is 12.7 Å². The smallest absolute Gasteiger partial charge is 0.301 e. The summed E-state index contributed by atoms with van der Waals surface area (Å²) >= 11 is 0. The van der Waals surface area contributed by atoms with Gasteiger partial charge in [0, 0.05) is 19.6 Å². The van der Waals surface area contributed by atoms with Gasteiger partial charge >= 0.3 is 10.2 Å². The van der Waals surface area contributed by atoms with E-state index in [0.29, 0.717) is 24.6 Å². The van der Waals surface area contributed by atoms with Crippen molar-refractivity contribution in [1.82, 2.24) is 4.31 Å². The van der Waals surface area contributed by atoms with E-state index < -0.39 is 10.2 Å². The molecule has 0 fully saturated rings. The lowest BCUT2D eigenvalue weighted by Crippen LogP contribution is -2.37. The van der Waals surface area contributed by atoms with Crippen molar-refractivity contribution >= 4 is 15.9 Å². The van der Waals surface area contributed by atoms with Crippen molar-refractivity contribution in [3.05, 3.63) is 24.3 Å². The van der Waals surface area contributed by atoms with Crippen molar-refractivity contribution in [2.75, 3.05) is 24.9 Å². The first kappa shape index (κ1) is 15.7. The van der Waals surface area contributed by atoms with Crippen LogP contribution in [0.2, 0.25) is 0 Å². The lowest BCUT2D eigenvalue weighted by Gasteiger charge is -2.21. The van der Waals surface area contributed by atoms with Crippen LogP contribution in [-0.4, -0.2) is 39.0 Å². The van der Waals surface area contributed by atoms with Gasteiger partial charge in [-0.05, 0) is 38.1 Å². The van der Waals surface area contributed by atoms with Crippen LogP contribution in [0.1, 0.15) is 13.8 Å². The van der Waals surface area contributed by atoms with E-state index in [2.05, 4.69) is 4.72 Å². The Morgan fingerprint density at radius 1 is 1.32 bits per heavy atom. The Balaban J connectivity index is 2.72. The van der Waals surface area contributed by atoms with E-state index in [4.69, 9.17) is 10.5 Å². The fraction of sp³-hybridized carbons (Fsp3) is 0.500. The van der Waals surface area contributed by atoms with Crippen molar-refractivity contribution in [1.29, 1.82) is 0 Å². The fourth-order valence-corrected chi connectivity index (χ4v) is 2.43. The molecule has 0 saturated heterocycles. The van der Waals surface area contributed by atoms with Crippen molar-refractivity contribution in [3.63, 3.8) is 0 Å². The standard InChI is InChI=1S/C12H21N3O3S/c1-10(2)15(3)19(16,17)14-11-4-6-12(7-5-11)18-9-8-13/h4-7,10,14H,8-9,13H2,1-3H3. The highest BCUT2D eigenvalue weighted by molar-refractivity contribution is 7.90. The van der Waals surface area contributed by atoms with Crippen LogP contribution in [0.3, 0.4) is 0 Å². The van der Waals surface area contributed by atoms with Crippen LogP contribution in [0.5, 0.6) is 5.75 Å². The number of benzene rings is 1. The van der Waals surface area contributed by atoms with Crippen LogP contribution < -0.4 is 15.2 Å². The fourth-order valence-electron chi connectivity index (χ4n) is 1.29. The SMILES string of the molecule is CC(C)N(C)S(=O)(=O)Nc1ccc(OCCN)cc1. The molecule has 0 heterocycles. The number of anilines is 1. The summed E-state index contributed by atoms with van der Waals surface area (Å²) in [5, 5.41) is 0. The minimum absolute atomic E-state index is 0.107. The van der Waals surface area contributed by atoms with Gasteiger partial charge in [0.1, 0.15) is 12.4 Å². The lowest BCUT2D eigenvalue weighted by atomic mass is 10.3. The van der Waals surface area contributed by atoms with Crippen LogP contribution in [-0.2, 0) is 10.2 Å². The van der Waals surface area contributed by atoms with Crippen molar-refractivity contribution in [2.24, 2.45) is 5.73 Å². The van der Waals surface area contributed by atoms with Gasteiger partial charge in [-0.25, -0.2) is 0 Å². The number of ether oxygens (including phenoxy) is 1. The third-order valence-corrected chi connectivity index (χ3v) is 4.27. The van der Waals surface area contributed by atoms with Crippen LogP contribution in [0, 0.1) is 0 Å². The van der Waals surface area contributed by atoms with Gasteiger partial charge in [0.25, 0.3) is 0 Å². The predicted octanol–water partition coefficient (Wildman–Crippen LogP) is 1.02. The van der Waals surface area contributed by atoms with Gasteiger partial charge in [-0.15, -0.1) is 0 Å². The average molecular weight is 287 g/mol. The number of nitrogens with two attached hydrogens (primary N) is 1. The molecule has 0 aliphatic heterocycles. The maximum absolute atomic E-state index is 12.0. The van der Waals surface area contributed by atoms with Crippen molar-refractivity contribution in [2.45, 2.75) is 19.9 Å². The Hall–Kier alpha value is -1.31. The molecule has 1 aromatic rings. The molecule has 0 atom stereocenters. The highest BCUT2D eigenvalue weighted by atomic mass is 32.2. The molecule has 1 aromatic carbocycles. The Labute approximate surface area is 114 Å². The molecule has 3 N–H and O–H groups in total. The largest absolute Gasteiger partial charge is 0.492 e. The van der Waals surface area contributed by atoms with Gasteiger partial charge in [-0.1, -0.05) is 0 Å². The van der Waals surface area contributed by atoms with Crippen LogP contribution >= 0.6 is 0 Å². The summed E-state index contributed by atoms with van der Waals surface area (Å²) in [5.41, 5.74) is 5.82. The Kier molecular flexibility index (Phi) is 5.59.